The van der Waals surface area contributed by atoms with Crippen molar-refractivity contribution in [2.45, 2.75) is 12.2 Å². The molecule has 0 aliphatic carbocycles. The second-order valence-electron chi connectivity index (χ2n) is 4.53. The number of H-pyrrole nitrogens is 1. The first-order valence-electron chi connectivity index (χ1n) is 5.95. The summed E-state index contributed by atoms with van der Waals surface area (Å²) in [6.07, 6.45) is 2.16. The first-order valence-corrected chi connectivity index (χ1v) is 5.95. The van der Waals surface area contributed by atoms with Crippen LogP contribution >= 0.6 is 0 Å². The van der Waals surface area contributed by atoms with Gasteiger partial charge in [-0.25, -0.2) is 0 Å². The maximum absolute atomic E-state index is 12.2. The summed E-state index contributed by atoms with van der Waals surface area (Å²) in [6, 6.07) is 2.91. The minimum absolute atomic E-state index is 0.155. The molecule has 0 saturated carbocycles. The summed E-state index contributed by atoms with van der Waals surface area (Å²) in [5.74, 6) is -0.770. The van der Waals surface area contributed by atoms with Crippen LogP contribution in [-0.4, -0.2) is 47.9 Å². The van der Waals surface area contributed by atoms with Crippen LogP contribution in [0.25, 0.3) is 0 Å². The van der Waals surface area contributed by atoms with Gasteiger partial charge in [0.25, 0.3) is 5.91 Å². The fraction of sp³-hybridized carbons (Fsp3) is 0.500. The lowest BCUT2D eigenvalue weighted by Gasteiger charge is -2.22. The summed E-state index contributed by atoms with van der Waals surface area (Å²) in [7, 11) is 0. The molecule has 0 atom stereocenters. The minimum atomic E-state index is -0.614. The molecule has 3 rings (SSSR count). The van der Waals surface area contributed by atoms with Gasteiger partial charge in [-0.15, -0.1) is 0 Å². The lowest BCUT2D eigenvalue weighted by molar-refractivity contribution is -0.143. The van der Waals surface area contributed by atoms with E-state index in [1.165, 1.54) is 12.3 Å². The Balaban J connectivity index is 1.76. The van der Waals surface area contributed by atoms with Crippen LogP contribution in [0.3, 0.4) is 0 Å². The highest BCUT2D eigenvalue weighted by atomic mass is 16.7. The maximum atomic E-state index is 12.2. The van der Waals surface area contributed by atoms with Crippen LogP contribution < -0.4 is 5.56 Å². The highest BCUT2D eigenvalue weighted by molar-refractivity contribution is 5.94. The van der Waals surface area contributed by atoms with E-state index in [0.717, 1.165) is 0 Å². The van der Waals surface area contributed by atoms with E-state index in [9.17, 15) is 9.59 Å². The Morgan fingerprint density at radius 3 is 2.89 bits per heavy atom. The van der Waals surface area contributed by atoms with Gasteiger partial charge in [0.1, 0.15) is 0 Å². The Hall–Kier alpha value is -1.66. The Kier molecular flexibility index (Phi) is 2.68. The molecule has 6 heteroatoms. The third-order valence-corrected chi connectivity index (χ3v) is 3.32. The molecule has 0 unspecified atom stereocenters. The van der Waals surface area contributed by atoms with Gasteiger partial charge in [-0.3, -0.25) is 9.59 Å². The number of pyridine rings is 1. The zero-order chi connectivity index (χ0) is 12.6. The zero-order valence-corrected chi connectivity index (χ0v) is 9.85. The summed E-state index contributed by atoms with van der Waals surface area (Å²) in [5, 5.41) is 0. The number of rotatable bonds is 1. The molecule has 2 aliphatic rings. The van der Waals surface area contributed by atoms with Crippen molar-refractivity contribution in [1.29, 1.82) is 0 Å². The molecule has 6 nitrogen and oxygen atoms in total. The van der Waals surface area contributed by atoms with Crippen LogP contribution in [0.1, 0.15) is 16.8 Å². The minimum Gasteiger partial charge on any atom is -0.346 e. The molecule has 2 saturated heterocycles. The molecule has 0 aromatic carbocycles. The monoisotopic (exact) mass is 250 g/mol. The Morgan fingerprint density at radius 1 is 1.39 bits per heavy atom. The average Bonchev–Trinajstić information content (AvgIpc) is 3.00. The molecular formula is C12H14N2O4. The summed E-state index contributed by atoms with van der Waals surface area (Å²) < 4.78 is 11.1. The van der Waals surface area contributed by atoms with Crippen LogP contribution in [-0.2, 0) is 9.47 Å². The number of hydrogen-bond acceptors (Lipinski definition) is 4. The van der Waals surface area contributed by atoms with Gasteiger partial charge in [0, 0.05) is 30.8 Å². The van der Waals surface area contributed by atoms with E-state index in [2.05, 4.69) is 4.98 Å². The van der Waals surface area contributed by atoms with Crippen molar-refractivity contribution in [3.8, 4) is 0 Å². The smallest absolute Gasteiger partial charge is 0.254 e. The molecule has 1 N–H and O–H groups in total. The van der Waals surface area contributed by atoms with E-state index < -0.39 is 5.79 Å². The molecule has 1 aromatic heterocycles. The van der Waals surface area contributed by atoms with Gasteiger partial charge in [-0.2, -0.15) is 0 Å². The normalized spacial score (nSPS) is 21.7. The van der Waals surface area contributed by atoms with Gasteiger partial charge in [-0.05, 0) is 6.07 Å². The highest BCUT2D eigenvalue weighted by Crippen LogP contribution is 2.30. The number of nitrogens with one attached hydrogen (secondary N) is 1. The second-order valence-corrected chi connectivity index (χ2v) is 4.53. The average molecular weight is 250 g/mol. The van der Waals surface area contributed by atoms with Crippen LogP contribution in [0.15, 0.2) is 23.1 Å². The third kappa shape index (κ3) is 1.93. The van der Waals surface area contributed by atoms with Gasteiger partial charge >= 0.3 is 0 Å². The van der Waals surface area contributed by atoms with E-state index in [4.69, 9.17) is 9.47 Å². The van der Waals surface area contributed by atoms with Gasteiger partial charge in [0.2, 0.25) is 5.56 Å². The lowest BCUT2D eigenvalue weighted by Crippen LogP contribution is -2.37. The SMILES string of the molecule is O=C(c1cc[nH]c(=O)c1)N1CCC2(C1)OCCO2. The number of ether oxygens (including phenoxy) is 2. The summed E-state index contributed by atoms with van der Waals surface area (Å²) in [5.41, 5.74) is 0.122. The van der Waals surface area contributed by atoms with Crippen LogP contribution in [0, 0.1) is 0 Å². The quantitative estimate of drug-likeness (QED) is 0.759. The van der Waals surface area contributed by atoms with Crippen molar-refractivity contribution in [2.75, 3.05) is 26.3 Å². The van der Waals surface area contributed by atoms with Crippen LogP contribution in [0.2, 0.25) is 0 Å². The van der Waals surface area contributed by atoms with E-state index in [-0.39, 0.29) is 11.5 Å². The number of hydrogen-bond donors (Lipinski definition) is 1. The number of carbonyl (C=O) groups is 1. The standard InChI is InChI=1S/C12H14N2O4/c15-10-7-9(1-3-13-10)11(16)14-4-2-12(8-14)17-5-6-18-12/h1,3,7H,2,4-6,8H2,(H,13,15). The molecule has 1 aromatic rings. The molecule has 3 heterocycles. The lowest BCUT2D eigenvalue weighted by atomic mass is 10.2. The first-order chi connectivity index (χ1) is 8.69. The fourth-order valence-corrected chi connectivity index (χ4v) is 2.42. The topological polar surface area (TPSA) is 71.6 Å². The Labute approximate surface area is 104 Å². The molecule has 1 spiro atoms. The van der Waals surface area contributed by atoms with Crippen molar-refractivity contribution in [3.63, 3.8) is 0 Å². The maximum Gasteiger partial charge on any atom is 0.254 e. The van der Waals surface area contributed by atoms with Gasteiger partial charge in [0.05, 0.1) is 19.8 Å². The molecular weight excluding hydrogens is 236 g/mol. The number of carbonyl (C=O) groups excluding carboxylic acids is 1. The van der Waals surface area contributed by atoms with Crippen molar-refractivity contribution >= 4 is 5.91 Å². The summed E-state index contributed by atoms with van der Waals surface area (Å²) in [4.78, 5) is 27.5. The molecule has 0 radical (unpaired) electrons. The van der Waals surface area contributed by atoms with Gasteiger partial charge in [-0.1, -0.05) is 0 Å². The number of likely N-dealkylation sites (tertiary alicyclic amines) is 1. The second kappa shape index (κ2) is 4.22. The van der Waals surface area contributed by atoms with Crippen LogP contribution in [0.5, 0.6) is 0 Å². The van der Waals surface area contributed by atoms with E-state index >= 15 is 0 Å². The van der Waals surface area contributed by atoms with Gasteiger partial charge in [0.15, 0.2) is 5.79 Å². The summed E-state index contributed by atoms with van der Waals surface area (Å²) in [6.45, 7) is 2.17. The Bertz CT molecular complexity index is 519. The largest absolute Gasteiger partial charge is 0.346 e. The van der Waals surface area contributed by atoms with Crippen molar-refractivity contribution < 1.29 is 14.3 Å². The predicted octanol–water partition coefficient (Wildman–Crippen LogP) is -0.0361. The molecule has 1 amide bonds. The molecule has 18 heavy (non-hydrogen) atoms. The van der Waals surface area contributed by atoms with Crippen LogP contribution in [0.4, 0.5) is 0 Å². The summed E-state index contributed by atoms with van der Waals surface area (Å²) >= 11 is 0. The van der Waals surface area contributed by atoms with Crippen molar-refractivity contribution in [1.82, 2.24) is 9.88 Å². The van der Waals surface area contributed by atoms with Gasteiger partial charge < -0.3 is 19.4 Å². The van der Waals surface area contributed by atoms with E-state index in [1.54, 1.807) is 11.0 Å². The molecule has 0 bridgehead atoms. The molecule has 2 aliphatic heterocycles. The van der Waals surface area contributed by atoms with Crippen molar-refractivity contribution in [2.24, 2.45) is 0 Å². The fourth-order valence-electron chi connectivity index (χ4n) is 2.42. The predicted molar refractivity (Wildman–Crippen MR) is 62.2 cm³/mol. The number of nitrogens with zero attached hydrogens (tertiary/aromatic N) is 1. The van der Waals surface area contributed by atoms with E-state index in [1.807, 2.05) is 0 Å². The molecule has 96 valence electrons. The zero-order valence-electron chi connectivity index (χ0n) is 9.85. The molecule has 2 fully saturated rings. The number of aromatic nitrogens is 1. The number of amides is 1. The third-order valence-electron chi connectivity index (χ3n) is 3.32. The Morgan fingerprint density at radius 2 is 2.17 bits per heavy atom. The van der Waals surface area contributed by atoms with Crippen molar-refractivity contribution in [3.05, 3.63) is 34.2 Å². The highest BCUT2D eigenvalue weighted by Gasteiger charge is 2.44. The van der Waals surface area contributed by atoms with E-state index in [0.29, 0.717) is 38.3 Å². The first kappa shape index (κ1) is 11.4. The number of aromatic amines is 1.